The summed E-state index contributed by atoms with van der Waals surface area (Å²) in [5.41, 5.74) is 1.31. The van der Waals surface area contributed by atoms with E-state index in [1.807, 2.05) is 6.07 Å². The number of hydrogen-bond donors (Lipinski definition) is 0. The molecule has 4 heteroatoms. The number of alkyl halides is 1. The molecule has 0 amide bonds. The second kappa shape index (κ2) is 4.51. The van der Waals surface area contributed by atoms with Crippen LogP contribution in [0.2, 0.25) is 5.22 Å². The topological polar surface area (TPSA) is 13.1 Å². The van der Waals surface area contributed by atoms with Crippen molar-refractivity contribution >= 4 is 38.9 Å². The lowest BCUT2D eigenvalue weighted by Crippen LogP contribution is -1.91. The summed E-state index contributed by atoms with van der Waals surface area (Å²) >= 11 is 11.0. The van der Waals surface area contributed by atoms with E-state index in [4.69, 9.17) is 16.0 Å². The van der Waals surface area contributed by atoms with Gasteiger partial charge in [-0.1, -0.05) is 15.9 Å². The summed E-state index contributed by atoms with van der Waals surface area (Å²) in [6, 6.07) is 5.77. The first kappa shape index (κ1) is 10.3. The van der Waals surface area contributed by atoms with Gasteiger partial charge >= 0.3 is 0 Å². The van der Waals surface area contributed by atoms with E-state index in [2.05, 4.69) is 32.8 Å². The van der Waals surface area contributed by atoms with Crippen LogP contribution in [0.4, 0.5) is 0 Å². The summed E-state index contributed by atoms with van der Waals surface area (Å²) in [4.78, 5) is 0.199. The summed E-state index contributed by atoms with van der Waals surface area (Å²) in [5, 5.41) is 4.65. The Morgan fingerprint density at radius 3 is 2.86 bits per heavy atom. The molecule has 1 atom stereocenters. The third-order valence-corrected chi connectivity index (χ3v) is 3.61. The average molecular weight is 292 g/mol. The van der Waals surface area contributed by atoms with E-state index in [0.29, 0.717) is 5.22 Å². The molecule has 0 radical (unpaired) electrons. The molecule has 1 unspecified atom stereocenters. The van der Waals surface area contributed by atoms with Crippen LogP contribution in [0.15, 0.2) is 33.4 Å². The molecule has 0 saturated heterocycles. The largest absolute Gasteiger partial charge is 0.449 e. The zero-order valence-electron chi connectivity index (χ0n) is 7.24. The molecule has 14 heavy (non-hydrogen) atoms. The van der Waals surface area contributed by atoms with E-state index in [1.165, 1.54) is 5.56 Å². The van der Waals surface area contributed by atoms with Crippen LogP contribution < -0.4 is 0 Å². The van der Waals surface area contributed by atoms with Crippen molar-refractivity contribution in [2.24, 2.45) is 0 Å². The summed E-state index contributed by atoms with van der Waals surface area (Å²) in [5.74, 6) is 0.876. The van der Waals surface area contributed by atoms with Gasteiger partial charge in [0.15, 0.2) is 5.22 Å². The minimum atomic E-state index is 0.199. The molecule has 0 aliphatic carbocycles. The number of thiophene rings is 1. The molecule has 0 bridgehead atoms. The maximum Gasteiger partial charge on any atom is 0.193 e. The van der Waals surface area contributed by atoms with E-state index in [9.17, 15) is 0 Å². The van der Waals surface area contributed by atoms with Crippen LogP contribution in [0.1, 0.15) is 16.2 Å². The van der Waals surface area contributed by atoms with Crippen LogP contribution in [-0.2, 0) is 6.42 Å². The van der Waals surface area contributed by atoms with Crippen molar-refractivity contribution in [1.82, 2.24) is 0 Å². The van der Waals surface area contributed by atoms with Crippen molar-refractivity contribution in [2.45, 2.75) is 11.2 Å². The Kier molecular flexibility index (Phi) is 3.31. The van der Waals surface area contributed by atoms with E-state index >= 15 is 0 Å². The molecule has 2 heterocycles. The Balaban J connectivity index is 2.06. The van der Waals surface area contributed by atoms with Crippen LogP contribution >= 0.6 is 38.9 Å². The van der Waals surface area contributed by atoms with Gasteiger partial charge in [-0.15, -0.1) is 0 Å². The van der Waals surface area contributed by atoms with Gasteiger partial charge in [0.2, 0.25) is 0 Å². The SMILES string of the molecule is Clc1ccc(C(Br)Cc2ccsc2)o1. The van der Waals surface area contributed by atoms with Crippen molar-refractivity contribution in [3.05, 3.63) is 45.5 Å². The fourth-order valence-corrected chi connectivity index (χ4v) is 2.67. The fourth-order valence-electron chi connectivity index (χ4n) is 1.21. The highest BCUT2D eigenvalue weighted by molar-refractivity contribution is 9.09. The molecule has 0 aromatic carbocycles. The van der Waals surface area contributed by atoms with Crippen molar-refractivity contribution < 1.29 is 4.42 Å². The number of hydrogen-bond acceptors (Lipinski definition) is 2. The molecule has 0 N–H and O–H groups in total. The maximum absolute atomic E-state index is 5.70. The molecule has 2 aromatic heterocycles. The third kappa shape index (κ3) is 2.41. The second-order valence-corrected chi connectivity index (χ2v) is 5.20. The van der Waals surface area contributed by atoms with Crippen molar-refractivity contribution in [3.63, 3.8) is 0 Å². The first-order valence-corrected chi connectivity index (χ1v) is 6.40. The molecule has 0 saturated carbocycles. The Hall–Kier alpha value is -0.250. The van der Waals surface area contributed by atoms with Crippen LogP contribution in [0.3, 0.4) is 0 Å². The molecule has 74 valence electrons. The fraction of sp³-hybridized carbons (Fsp3) is 0.200. The van der Waals surface area contributed by atoms with E-state index in [-0.39, 0.29) is 4.83 Å². The van der Waals surface area contributed by atoms with Gasteiger partial charge in [-0.3, -0.25) is 0 Å². The summed E-state index contributed by atoms with van der Waals surface area (Å²) < 4.78 is 5.32. The third-order valence-electron chi connectivity index (χ3n) is 1.90. The van der Waals surface area contributed by atoms with Crippen molar-refractivity contribution in [1.29, 1.82) is 0 Å². The molecular formula is C10H8BrClOS. The minimum Gasteiger partial charge on any atom is -0.449 e. The summed E-state index contributed by atoms with van der Waals surface area (Å²) in [6.45, 7) is 0. The lowest BCUT2D eigenvalue weighted by atomic mass is 10.1. The van der Waals surface area contributed by atoms with Crippen LogP contribution in [0.5, 0.6) is 0 Å². The van der Waals surface area contributed by atoms with Gasteiger partial charge in [0.25, 0.3) is 0 Å². The van der Waals surface area contributed by atoms with Gasteiger partial charge < -0.3 is 4.42 Å². The highest BCUT2D eigenvalue weighted by atomic mass is 79.9. The van der Waals surface area contributed by atoms with Crippen LogP contribution in [0.25, 0.3) is 0 Å². The first-order chi connectivity index (χ1) is 6.75. The molecule has 2 aromatic rings. The lowest BCUT2D eigenvalue weighted by molar-refractivity contribution is 0.509. The van der Waals surface area contributed by atoms with Gasteiger partial charge in [0.05, 0.1) is 4.83 Å². The van der Waals surface area contributed by atoms with Gasteiger partial charge in [0, 0.05) is 0 Å². The van der Waals surface area contributed by atoms with E-state index in [0.717, 1.165) is 12.2 Å². The Morgan fingerprint density at radius 1 is 1.43 bits per heavy atom. The minimum absolute atomic E-state index is 0.199. The van der Waals surface area contributed by atoms with Gasteiger partial charge in [-0.2, -0.15) is 11.3 Å². The van der Waals surface area contributed by atoms with Gasteiger partial charge in [-0.25, -0.2) is 0 Å². The zero-order chi connectivity index (χ0) is 9.97. The van der Waals surface area contributed by atoms with Crippen molar-refractivity contribution in [2.75, 3.05) is 0 Å². The monoisotopic (exact) mass is 290 g/mol. The predicted octanol–water partition coefficient (Wildman–Crippen LogP) is 4.67. The molecule has 1 nitrogen and oxygen atoms in total. The van der Waals surface area contributed by atoms with Gasteiger partial charge in [-0.05, 0) is 52.5 Å². The van der Waals surface area contributed by atoms with Crippen LogP contribution in [-0.4, -0.2) is 0 Å². The quantitative estimate of drug-likeness (QED) is 0.749. The van der Waals surface area contributed by atoms with E-state index < -0.39 is 0 Å². The van der Waals surface area contributed by atoms with Crippen LogP contribution in [0, 0.1) is 0 Å². The number of furan rings is 1. The highest BCUT2D eigenvalue weighted by Gasteiger charge is 2.12. The molecule has 0 spiro atoms. The smallest absolute Gasteiger partial charge is 0.193 e. The summed E-state index contributed by atoms with van der Waals surface area (Å²) in [6.07, 6.45) is 0.924. The maximum atomic E-state index is 5.70. The molecule has 0 aliphatic heterocycles. The second-order valence-electron chi connectivity index (χ2n) is 2.95. The molecular weight excluding hydrogens is 284 g/mol. The normalized spacial score (nSPS) is 13.0. The molecule has 0 fully saturated rings. The highest BCUT2D eigenvalue weighted by Crippen LogP contribution is 2.30. The van der Waals surface area contributed by atoms with Crippen molar-refractivity contribution in [3.8, 4) is 0 Å². The molecule has 0 aliphatic rings. The van der Waals surface area contributed by atoms with E-state index in [1.54, 1.807) is 17.4 Å². The first-order valence-electron chi connectivity index (χ1n) is 4.16. The Labute approximate surface area is 99.8 Å². The zero-order valence-corrected chi connectivity index (χ0v) is 10.4. The van der Waals surface area contributed by atoms with Gasteiger partial charge in [0.1, 0.15) is 5.76 Å². The predicted molar refractivity (Wildman–Crippen MR) is 63.4 cm³/mol. The Bertz CT molecular complexity index is 396. The molecule has 2 rings (SSSR count). The lowest BCUT2D eigenvalue weighted by Gasteiger charge is -2.04. The number of rotatable bonds is 3. The standard InChI is InChI=1S/C10H8BrClOS/c11-8(5-7-3-4-14-6-7)9-1-2-10(12)13-9/h1-4,6,8H,5H2. The Morgan fingerprint density at radius 2 is 2.29 bits per heavy atom. The summed E-state index contributed by atoms with van der Waals surface area (Å²) in [7, 11) is 0. The average Bonchev–Trinajstić information content (AvgIpc) is 2.75. The number of halogens is 2.